The summed E-state index contributed by atoms with van der Waals surface area (Å²) in [4.78, 5) is 22.9. The molecule has 0 fully saturated rings. The Morgan fingerprint density at radius 2 is 1.79 bits per heavy atom. The summed E-state index contributed by atoms with van der Waals surface area (Å²) in [5, 5.41) is 9.38. The lowest BCUT2D eigenvalue weighted by molar-refractivity contribution is -0.0498. The van der Waals surface area contributed by atoms with Crippen LogP contribution in [0.2, 0.25) is 0 Å². The number of carboxylic acid groups (broad SMARTS) is 1. The number of hydrogen-bond acceptors (Lipinski definition) is 5. The van der Waals surface area contributed by atoms with Crippen LogP contribution in [-0.4, -0.2) is 34.2 Å². The number of rotatable bonds is 5. The van der Waals surface area contributed by atoms with Gasteiger partial charge in [0, 0.05) is 17.8 Å². The normalized spacial score (nSPS) is 13.2. The van der Waals surface area contributed by atoms with Crippen molar-refractivity contribution in [1.82, 2.24) is 9.97 Å². The highest BCUT2D eigenvalue weighted by molar-refractivity contribution is 5.94. The van der Waals surface area contributed by atoms with Gasteiger partial charge in [-0.05, 0) is 79.1 Å². The molecule has 0 saturated carbocycles. The van der Waals surface area contributed by atoms with Gasteiger partial charge in [-0.25, -0.2) is 19.2 Å². The van der Waals surface area contributed by atoms with Crippen LogP contribution in [0.3, 0.4) is 0 Å². The fourth-order valence-electron chi connectivity index (χ4n) is 4.14. The van der Waals surface area contributed by atoms with Crippen LogP contribution in [0.5, 0.6) is 5.75 Å². The number of nitrogens with zero attached hydrogens (tertiary/aromatic N) is 3. The lowest BCUT2D eigenvalue weighted by Crippen LogP contribution is -2.26. The highest BCUT2D eigenvalue weighted by Gasteiger charge is 2.25. The second-order valence-electron chi connectivity index (χ2n) is 7.84. The Balaban J connectivity index is 1.69. The average Bonchev–Trinajstić information content (AvgIpc) is 2.82. The lowest BCUT2D eigenvalue weighted by Gasteiger charge is -2.32. The molecule has 9 heteroatoms. The van der Waals surface area contributed by atoms with Gasteiger partial charge in [-0.3, -0.25) is 0 Å². The molecule has 0 radical (unpaired) electrons. The van der Waals surface area contributed by atoms with Crippen LogP contribution in [-0.2, 0) is 6.42 Å². The number of fused-ring (bicyclic) bond motifs is 2. The summed E-state index contributed by atoms with van der Waals surface area (Å²) in [5.74, 6) is -0.932. The van der Waals surface area contributed by atoms with E-state index in [4.69, 9.17) is 9.97 Å². The first-order valence-corrected chi connectivity index (χ1v) is 10.6. The zero-order valence-electron chi connectivity index (χ0n) is 17.7. The molecule has 2 heterocycles. The van der Waals surface area contributed by atoms with Crippen molar-refractivity contribution in [3.05, 3.63) is 77.6 Å². The molecule has 1 aliphatic rings. The third-order valence-electron chi connectivity index (χ3n) is 5.66. The van der Waals surface area contributed by atoms with E-state index in [9.17, 15) is 23.1 Å². The predicted molar refractivity (Wildman–Crippen MR) is 120 cm³/mol. The number of halogens is 3. The maximum absolute atomic E-state index is 13.6. The van der Waals surface area contributed by atoms with Gasteiger partial charge in [0.2, 0.25) is 0 Å². The summed E-state index contributed by atoms with van der Waals surface area (Å²) in [6, 6.07) is 15.1. The molecular formula is C25H18F3N3O3. The van der Waals surface area contributed by atoms with Crippen LogP contribution in [0.1, 0.15) is 22.3 Å². The van der Waals surface area contributed by atoms with Crippen LogP contribution in [0.25, 0.3) is 22.3 Å². The molecule has 6 nitrogen and oxygen atoms in total. The zero-order valence-corrected chi connectivity index (χ0v) is 17.7. The molecule has 3 aromatic carbocycles. The minimum Gasteiger partial charge on any atom is -0.478 e. The van der Waals surface area contributed by atoms with Crippen LogP contribution in [0.4, 0.5) is 24.7 Å². The maximum Gasteiger partial charge on any atom is 0.387 e. The average molecular weight is 465 g/mol. The smallest absolute Gasteiger partial charge is 0.387 e. The molecule has 34 heavy (non-hydrogen) atoms. The van der Waals surface area contributed by atoms with Crippen LogP contribution >= 0.6 is 0 Å². The first-order valence-electron chi connectivity index (χ1n) is 10.6. The van der Waals surface area contributed by atoms with Crippen molar-refractivity contribution in [2.75, 3.05) is 11.4 Å². The summed E-state index contributed by atoms with van der Waals surface area (Å²) in [5.41, 5.74) is 3.68. The quantitative estimate of drug-likeness (QED) is 0.400. The number of anilines is 2. The van der Waals surface area contributed by atoms with E-state index in [1.807, 2.05) is 4.90 Å². The number of benzene rings is 3. The summed E-state index contributed by atoms with van der Waals surface area (Å²) in [7, 11) is 0. The van der Waals surface area contributed by atoms with Crippen LogP contribution in [0, 0.1) is 5.82 Å². The highest BCUT2D eigenvalue weighted by Crippen LogP contribution is 2.39. The first-order chi connectivity index (χ1) is 16.4. The van der Waals surface area contributed by atoms with E-state index >= 15 is 0 Å². The minimum absolute atomic E-state index is 0.0741. The van der Waals surface area contributed by atoms with Crippen molar-refractivity contribution in [3.8, 4) is 17.0 Å². The largest absolute Gasteiger partial charge is 0.478 e. The summed E-state index contributed by atoms with van der Waals surface area (Å²) >= 11 is 0. The number of aromatic carboxylic acids is 1. The van der Waals surface area contributed by atoms with Gasteiger partial charge in [-0.15, -0.1) is 0 Å². The van der Waals surface area contributed by atoms with E-state index < -0.39 is 12.6 Å². The van der Waals surface area contributed by atoms with E-state index in [2.05, 4.69) is 4.74 Å². The summed E-state index contributed by atoms with van der Waals surface area (Å²) in [6.07, 6.45) is 1.39. The second-order valence-corrected chi connectivity index (χ2v) is 7.84. The topological polar surface area (TPSA) is 75.5 Å². The Labute approximate surface area is 192 Å². The van der Waals surface area contributed by atoms with Crippen LogP contribution < -0.4 is 9.64 Å². The number of aromatic nitrogens is 2. The maximum atomic E-state index is 13.6. The SMILES string of the molecule is O=C(O)c1ccc2nc(-c3ccc(F)cc3)c(N3CCCc4cc(OC(F)F)ccc43)nc2c1. The highest BCUT2D eigenvalue weighted by atomic mass is 19.3. The Morgan fingerprint density at radius 1 is 1.00 bits per heavy atom. The number of alkyl halides is 2. The van der Waals surface area contributed by atoms with Crippen LogP contribution in [0.15, 0.2) is 60.7 Å². The van der Waals surface area contributed by atoms with E-state index in [-0.39, 0.29) is 17.1 Å². The fourth-order valence-corrected chi connectivity index (χ4v) is 4.14. The van der Waals surface area contributed by atoms with Gasteiger partial charge in [0.05, 0.1) is 16.6 Å². The van der Waals surface area contributed by atoms with Crippen molar-refractivity contribution < 1.29 is 27.8 Å². The third-order valence-corrected chi connectivity index (χ3v) is 5.66. The Kier molecular flexibility index (Phi) is 5.53. The molecular weight excluding hydrogens is 447 g/mol. The van der Waals surface area contributed by atoms with Gasteiger partial charge in [-0.1, -0.05) is 0 Å². The Hall–Kier alpha value is -4.14. The number of hydrogen-bond donors (Lipinski definition) is 1. The molecule has 0 unspecified atom stereocenters. The molecule has 0 amide bonds. The van der Waals surface area contributed by atoms with E-state index in [1.54, 1.807) is 30.3 Å². The van der Waals surface area contributed by atoms with Gasteiger partial charge in [-0.2, -0.15) is 8.78 Å². The molecule has 0 bridgehead atoms. The molecule has 4 aromatic rings. The summed E-state index contributed by atoms with van der Waals surface area (Å²) in [6.45, 7) is -2.34. The Bertz CT molecular complexity index is 1390. The number of ether oxygens (including phenoxy) is 1. The number of aryl methyl sites for hydroxylation is 1. The van der Waals surface area contributed by atoms with Crippen molar-refractivity contribution >= 4 is 28.5 Å². The third kappa shape index (κ3) is 4.12. The molecule has 0 saturated heterocycles. The van der Waals surface area contributed by atoms with Crippen molar-refractivity contribution in [3.63, 3.8) is 0 Å². The van der Waals surface area contributed by atoms with E-state index in [0.717, 1.165) is 17.7 Å². The summed E-state index contributed by atoms with van der Waals surface area (Å²) < 4.78 is 43.5. The Morgan fingerprint density at radius 3 is 2.53 bits per heavy atom. The van der Waals surface area contributed by atoms with Crippen molar-refractivity contribution in [1.29, 1.82) is 0 Å². The standard InChI is InChI=1S/C25H18F3N3O3/c26-17-6-3-14(4-7-17)22-23(30-20-13-16(24(32)33)5-9-19(20)29-22)31-11-1-2-15-12-18(34-25(27)28)8-10-21(15)31/h3-10,12-13,25H,1-2,11H2,(H,32,33). The van der Waals surface area contributed by atoms with Crippen molar-refractivity contribution in [2.24, 2.45) is 0 Å². The van der Waals surface area contributed by atoms with Gasteiger partial charge >= 0.3 is 12.6 Å². The first kappa shape index (κ1) is 21.7. The molecule has 5 rings (SSSR count). The lowest BCUT2D eigenvalue weighted by atomic mass is 10.0. The molecule has 172 valence electrons. The van der Waals surface area contributed by atoms with Gasteiger partial charge in [0.15, 0.2) is 5.82 Å². The van der Waals surface area contributed by atoms with Gasteiger partial charge < -0.3 is 14.7 Å². The molecule has 1 aromatic heterocycles. The van der Waals surface area contributed by atoms with E-state index in [1.165, 1.54) is 30.3 Å². The van der Waals surface area contributed by atoms with E-state index in [0.29, 0.717) is 41.1 Å². The van der Waals surface area contributed by atoms with Gasteiger partial charge in [0.25, 0.3) is 0 Å². The molecule has 0 aliphatic carbocycles. The monoisotopic (exact) mass is 465 g/mol. The molecule has 0 atom stereocenters. The predicted octanol–water partition coefficient (Wildman–Crippen LogP) is 5.82. The number of carbonyl (C=O) groups is 1. The number of carboxylic acids is 1. The second kappa shape index (κ2) is 8.66. The van der Waals surface area contributed by atoms with Crippen molar-refractivity contribution in [2.45, 2.75) is 19.5 Å². The molecule has 1 N–H and O–H groups in total. The molecule has 1 aliphatic heterocycles. The fraction of sp³-hybridized carbons (Fsp3) is 0.160. The minimum atomic E-state index is -2.92. The molecule has 0 spiro atoms. The van der Waals surface area contributed by atoms with Gasteiger partial charge in [0.1, 0.15) is 17.3 Å². The zero-order chi connectivity index (χ0) is 23.8.